The first-order valence-electron chi connectivity index (χ1n) is 6.23. The highest BCUT2D eigenvalue weighted by Crippen LogP contribution is 2.24. The van der Waals surface area contributed by atoms with Crippen LogP contribution in [0.3, 0.4) is 0 Å². The third-order valence-electron chi connectivity index (χ3n) is 3.34. The molecule has 0 spiro atoms. The van der Waals surface area contributed by atoms with Gasteiger partial charge in [-0.3, -0.25) is 0 Å². The number of hydrogen-bond acceptors (Lipinski definition) is 5. The molecule has 5 N–H and O–H groups in total. The molecule has 1 aromatic rings. The van der Waals surface area contributed by atoms with Crippen LogP contribution in [-0.2, 0) is 10.0 Å². The first-order valence-corrected chi connectivity index (χ1v) is 7.78. The lowest BCUT2D eigenvalue weighted by Gasteiger charge is -2.31. The van der Waals surface area contributed by atoms with Gasteiger partial charge in [-0.1, -0.05) is 0 Å². The molecule has 1 fully saturated rings. The Morgan fingerprint density at radius 3 is 2.79 bits per heavy atom. The van der Waals surface area contributed by atoms with Gasteiger partial charge in [-0.25, -0.2) is 13.6 Å². The van der Waals surface area contributed by atoms with Crippen molar-refractivity contribution in [3.8, 4) is 0 Å². The number of likely N-dealkylation sites (N-methyl/N-ethyl adjacent to an activating group) is 1. The number of benzene rings is 1. The van der Waals surface area contributed by atoms with Crippen LogP contribution in [0.25, 0.3) is 0 Å². The number of piperidine rings is 1. The van der Waals surface area contributed by atoms with E-state index in [2.05, 4.69) is 17.3 Å². The summed E-state index contributed by atoms with van der Waals surface area (Å²) < 4.78 is 22.7. The van der Waals surface area contributed by atoms with Crippen LogP contribution in [0.15, 0.2) is 23.1 Å². The van der Waals surface area contributed by atoms with Gasteiger partial charge in [0.05, 0.1) is 16.3 Å². The number of rotatable bonds is 3. The van der Waals surface area contributed by atoms with Crippen LogP contribution in [0.2, 0.25) is 0 Å². The average Bonchev–Trinajstić information content (AvgIpc) is 2.30. The number of hydrogen-bond donors (Lipinski definition) is 3. The quantitative estimate of drug-likeness (QED) is 0.698. The average molecular weight is 284 g/mol. The molecule has 0 radical (unpaired) electrons. The number of anilines is 2. The van der Waals surface area contributed by atoms with Crippen molar-refractivity contribution >= 4 is 21.4 Å². The van der Waals surface area contributed by atoms with Crippen molar-refractivity contribution in [2.75, 3.05) is 31.2 Å². The molecule has 0 aromatic heterocycles. The molecular weight excluding hydrogens is 264 g/mol. The van der Waals surface area contributed by atoms with Crippen molar-refractivity contribution in [3.63, 3.8) is 0 Å². The number of likely N-dealkylation sites (tertiary alicyclic amines) is 1. The summed E-state index contributed by atoms with van der Waals surface area (Å²) in [6, 6.07) is 4.76. The highest BCUT2D eigenvalue weighted by atomic mass is 32.2. The van der Waals surface area contributed by atoms with E-state index >= 15 is 0 Å². The van der Waals surface area contributed by atoms with Gasteiger partial charge in [0, 0.05) is 12.6 Å². The molecule has 106 valence electrons. The smallest absolute Gasteiger partial charge is 0.238 e. The zero-order valence-electron chi connectivity index (χ0n) is 11.0. The van der Waals surface area contributed by atoms with E-state index in [1.165, 1.54) is 12.1 Å². The van der Waals surface area contributed by atoms with Crippen LogP contribution in [0.5, 0.6) is 0 Å². The number of sulfonamides is 1. The lowest BCUT2D eigenvalue weighted by Crippen LogP contribution is -2.39. The van der Waals surface area contributed by atoms with Gasteiger partial charge in [0.15, 0.2) is 0 Å². The highest BCUT2D eigenvalue weighted by molar-refractivity contribution is 7.89. The van der Waals surface area contributed by atoms with E-state index in [0.717, 1.165) is 25.9 Å². The number of primary sulfonamides is 1. The molecule has 6 nitrogen and oxygen atoms in total. The van der Waals surface area contributed by atoms with Crippen molar-refractivity contribution in [3.05, 3.63) is 18.2 Å². The predicted octanol–water partition coefficient (Wildman–Crippen LogP) is 0.422. The molecule has 0 aliphatic carbocycles. The fourth-order valence-corrected chi connectivity index (χ4v) is 2.88. The minimum absolute atomic E-state index is 0.0772. The second kappa shape index (κ2) is 5.36. The number of nitrogens with two attached hydrogens (primary N) is 2. The summed E-state index contributed by atoms with van der Waals surface area (Å²) >= 11 is 0. The number of nitrogens with one attached hydrogen (secondary N) is 1. The summed E-state index contributed by atoms with van der Waals surface area (Å²) in [6.07, 6.45) is 2.16. The zero-order chi connectivity index (χ0) is 14.0. The summed E-state index contributed by atoms with van der Waals surface area (Å²) in [5, 5.41) is 8.43. The van der Waals surface area contributed by atoms with Crippen molar-refractivity contribution < 1.29 is 8.42 Å². The van der Waals surface area contributed by atoms with Crippen molar-refractivity contribution in [1.29, 1.82) is 0 Å². The molecule has 1 aliphatic rings. The molecule has 2 rings (SSSR count). The first kappa shape index (κ1) is 14.1. The van der Waals surface area contributed by atoms with Crippen LogP contribution in [0.4, 0.5) is 11.4 Å². The summed E-state index contributed by atoms with van der Waals surface area (Å²) in [4.78, 5) is 2.31. The molecule has 1 aromatic carbocycles. The molecule has 19 heavy (non-hydrogen) atoms. The van der Waals surface area contributed by atoms with E-state index < -0.39 is 10.0 Å². The third kappa shape index (κ3) is 3.59. The van der Waals surface area contributed by atoms with Crippen LogP contribution in [-0.4, -0.2) is 39.5 Å². The van der Waals surface area contributed by atoms with Gasteiger partial charge in [0.2, 0.25) is 10.0 Å². The van der Waals surface area contributed by atoms with E-state index in [9.17, 15) is 8.42 Å². The SMILES string of the molecule is CN1CCCC(Nc2cc(S(N)(=O)=O)ccc2N)C1. The van der Waals surface area contributed by atoms with Crippen molar-refractivity contribution in [1.82, 2.24) is 4.90 Å². The fraction of sp³-hybridized carbons (Fsp3) is 0.500. The molecule has 1 aliphatic heterocycles. The Morgan fingerprint density at radius 1 is 1.42 bits per heavy atom. The summed E-state index contributed by atoms with van der Waals surface area (Å²) in [5.41, 5.74) is 7.03. The van der Waals surface area contributed by atoms with E-state index in [4.69, 9.17) is 10.9 Å². The van der Waals surface area contributed by atoms with E-state index in [0.29, 0.717) is 11.4 Å². The van der Waals surface area contributed by atoms with E-state index in [1.54, 1.807) is 6.07 Å². The molecule has 1 heterocycles. The first-order chi connectivity index (χ1) is 8.86. The largest absolute Gasteiger partial charge is 0.397 e. The van der Waals surface area contributed by atoms with Crippen molar-refractivity contribution in [2.45, 2.75) is 23.8 Å². The molecule has 0 saturated carbocycles. The van der Waals surface area contributed by atoms with Gasteiger partial charge < -0.3 is 16.0 Å². The fourth-order valence-electron chi connectivity index (χ4n) is 2.34. The van der Waals surface area contributed by atoms with Crippen LogP contribution in [0, 0.1) is 0 Å². The zero-order valence-corrected chi connectivity index (χ0v) is 11.8. The monoisotopic (exact) mass is 284 g/mol. The minimum Gasteiger partial charge on any atom is -0.397 e. The Kier molecular flexibility index (Phi) is 3.98. The van der Waals surface area contributed by atoms with Crippen LogP contribution in [0.1, 0.15) is 12.8 Å². The Morgan fingerprint density at radius 2 is 2.16 bits per heavy atom. The molecular formula is C12H20N4O2S. The summed E-state index contributed by atoms with van der Waals surface area (Å²) in [6.45, 7) is 2.00. The number of nitrogens with zero attached hydrogens (tertiary/aromatic N) is 1. The van der Waals surface area contributed by atoms with Crippen molar-refractivity contribution in [2.24, 2.45) is 5.14 Å². The Bertz CT molecular complexity index is 559. The van der Waals surface area contributed by atoms with Gasteiger partial charge in [0.25, 0.3) is 0 Å². The minimum atomic E-state index is -3.70. The molecule has 1 atom stereocenters. The standard InChI is InChI=1S/C12H20N4O2S/c1-16-6-2-3-9(8-16)15-12-7-10(19(14,17)18)4-5-11(12)13/h4-5,7,9,15H,2-3,6,8,13H2,1H3,(H2,14,17,18). The van der Waals surface area contributed by atoms with Gasteiger partial charge >= 0.3 is 0 Å². The summed E-state index contributed by atoms with van der Waals surface area (Å²) in [7, 11) is -1.63. The molecule has 1 saturated heterocycles. The maximum Gasteiger partial charge on any atom is 0.238 e. The lowest BCUT2D eigenvalue weighted by molar-refractivity contribution is 0.261. The number of nitrogen functional groups attached to an aromatic ring is 1. The normalized spacial score (nSPS) is 21.3. The van der Waals surface area contributed by atoms with E-state index in [-0.39, 0.29) is 10.9 Å². The maximum atomic E-state index is 11.3. The predicted molar refractivity (Wildman–Crippen MR) is 76.4 cm³/mol. The van der Waals surface area contributed by atoms with Crippen LogP contribution < -0.4 is 16.2 Å². The molecule has 0 amide bonds. The molecule has 0 bridgehead atoms. The summed E-state index contributed by atoms with van der Waals surface area (Å²) in [5.74, 6) is 0. The maximum absolute atomic E-state index is 11.3. The molecule has 7 heteroatoms. The second-order valence-corrected chi connectivity index (χ2v) is 6.60. The topological polar surface area (TPSA) is 101 Å². The van der Waals surface area contributed by atoms with Crippen LogP contribution >= 0.6 is 0 Å². The third-order valence-corrected chi connectivity index (χ3v) is 4.25. The lowest BCUT2D eigenvalue weighted by atomic mass is 10.1. The van der Waals surface area contributed by atoms with Gasteiger partial charge in [0.1, 0.15) is 0 Å². The Balaban J connectivity index is 2.19. The Hall–Kier alpha value is -1.31. The molecule has 1 unspecified atom stereocenters. The highest BCUT2D eigenvalue weighted by Gasteiger charge is 2.18. The Labute approximate surface area is 113 Å². The van der Waals surface area contributed by atoms with Gasteiger partial charge in [-0.2, -0.15) is 0 Å². The van der Waals surface area contributed by atoms with Gasteiger partial charge in [-0.05, 0) is 44.6 Å². The van der Waals surface area contributed by atoms with E-state index in [1.807, 2.05) is 0 Å². The second-order valence-electron chi connectivity index (χ2n) is 5.04. The van der Waals surface area contributed by atoms with Gasteiger partial charge in [-0.15, -0.1) is 0 Å².